The Labute approximate surface area is 119 Å². The number of anilines is 1. The van der Waals surface area contributed by atoms with Crippen molar-refractivity contribution in [2.24, 2.45) is 5.92 Å². The highest BCUT2D eigenvalue weighted by Crippen LogP contribution is 2.34. The van der Waals surface area contributed by atoms with Gasteiger partial charge in [0.2, 0.25) is 5.88 Å². The molecule has 0 fully saturated rings. The van der Waals surface area contributed by atoms with Gasteiger partial charge in [-0.1, -0.05) is 31.1 Å². The number of nitrogen functional groups attached to an aromatic ring is 1. The molecule has 0 spiro atoms. The molecule has 0 amide bonds. The first-order valence-electron chi connectivity index (χ1n) is 6.92. The third kappa shape index (κ3) is 2.95. The van der Waals surface area contributed by atoms with Gasteiger partial charge in [0.25, 0.3) is 0 Å². The van der Waals surface area contributed by atoms with Crippen molar-refractivity contribution in [3.8, 4) is 16.9 Å². The van der Waals surface area contributed by atoms with Gasteiger partial charge in [0, 0.05) is 0 Å². The summed E-state index contributed by atoms with van der Waals surface area (Å²) in [6, 6.07) is 6.03. The van der Waals surface area contributed by atoms with Crippen molar-refractivity contribution in [2.45, 2.75) is 33.6 Å². The number of aryl methyl sites for hydroxylation is 2. The molecule has 108 valence electrons. The molecule has 0 atom stereocenters. The van der Waals surface area contributed by atoms with Crippen LogP contribution in [0.15, 0.2) is 22.7 Å². The third-order valence-corrected chi connectivity index (χ3v) is 3.44. The van der Waals surface area contributed by atoms with Gasteiger partial charge in [0.05, 0.1) is 18.4 Å². The molecule has 1 heterocycles. The molecule has 4 heteroatoms. The summed E-state index contributed by atoms with van der Waals surface area (Å²) >= 11 is 0. The average Bonchev–Trinajstić information content (AvgIpc) is 2.78. The Hall–Kier alpha value is -1.97. The number of rotatable bonds is 5. The lowest BCUT2D eigenvalue weighted by atomic mass is 9.99. The molecule has 0 aliphatic rings. The molecule has 1 aromatic heterocycles. The number of ether oxygens (including phenoxy) is 1. The number of hydrogen-bond donors (Lipinski definition) is 1. The van der Waals surface area contributed by atoms with Gasteiger partial charge in [-0.05, 0) is 42.9 Å². The molecule has 0 aliphatic heterocycles. The molecule has 0 radical (unpaired) electrons. The van der Waals surface area contributed by atoms with Crippen LogP contribution in [0.3, 0.4) is 0 Å². The molecule has 2 rings (SSSR count). The lowest BCUT2D eigenvalue weighted by molar-refractivity contribution is 0.412. The summed E-state index contributed by atoms with van der Waals surface area (Å²) in [6.07, 6.45) is 1.92. The molecule has 4 nitrogen and oxygen atoms in total. The number of nitrogens with two attached hydrogens (primary N) is 1. The van der Waals surface area contributed by atoms with E-state index in [1.165, 1.54) is 0 Å². The van der Waals surface area contributed by atoms with Crippen molar-refractivity contribution in [2.75, 3.05) is 12.8 Å². The van der Waals surface area contributed by atoms with E-state index in [1.807, 2.05) is 25.1 Å². The van der Waals surface area contributed by atoms with Crippen molar-refractivity contribution >= 4 is 5.88 Å². The van der Waals surface area contributed by atoms with Crippen LogP contribution in [0.25, 0.3) is 11.1 Å². The second kappa shape index (κ2) is 5.99. The molecule has 0 unspecified atom stereocenters. The van der Waals surface area contributed by atoms with Crippen molar-refractivity contribution in [3.05, 3.63) is 29.5 Å². The van der Waals surface area contributed by atoms with E-state index in [-0.39, 0.29) is 0 Å². The minimum Gasteiger partial charge on any atom is -0.496 e. The maximum absolute atomic E-state index is 5.94. The number of hydrogen-bond acceptors (Lipinski definition) is 4. The van der Waals surface area contributed by atoms with Crippen LogP contribution in [-0.4, -0.2) is 12.3 Å². The topological polar surface area (TPSA) is 61.3 Å². The van der Waals surface area contributed by atoms with Crippen molar-refractivity contribution < 1.29 is 9.26 Å². The lowest BCUT2D eigenvalue weighted by Gasteiger charge is -2.08. The van der Waals surface area contributed by atoms with Gasteiger partial charge in [0.15, 0.2) is 0 Å². The quantitative estimate of drug-likeness (QED) is 0.900. The molecule has 0 saturated heterocycles. The number of nitrogens with zero attached hydrogens (tertiary/aromatic N) is 1. The minimum atomic E-state index is 0.370. The van der Waals surface area contributed by atoms with E-state index in [1.54, 1.807) is 7.11 Å². The van der Waals surface area contributed by atoms with Gasteiger partial charge in [-0.25, -0.2) is 0 Å². The first-order valence-corrected chi connectivity index (χ1v) is 6.92. The van der Waals surface area contributed by atoms with E-state index in [4.69, 9.17) is 15.0 Å². The van der Waals surface area contributed by atoms with E-state index in [0.717, 1.165) is 41.0 Å². The molecule has 0 aliphatic carbocycles. The summed E-state index contributed by atoms with van der Waals surface area (Å²) in [4.78, 5) is 0. The Morgan fingerprint density at radius 3 is 2.75 bits per heavy atom. The molecule has 2 aromatic rings. The largest absolute Gasteiger partial charge is 0.496 e. The van der Waals surface area contributed by atoms with Crippen LogP contribution in [0.4, 0.5) is 5.88 Å². The summed E-state index contributed by atoms with van der Waals surface area (Å²) < 4.78 is 10.5. The second-order valence-corrected chi connectivity index (χ2v) is 5.49. The van der Waals surface area contributed by atoms with E-state index in [2.05, 4.69) is 19.0 Å². The van der Waals surface area contributed by atoms with Gasteiger partial charge in [-0.2, -0.15) is 0 Å². The maximum Gasteiger partial charge on any atom is 0.230 e. The van der Waals surface area contributed by atoms with Gasteiger partial charge in [-0.3, -0.25) is 0 Å². The van der Waals surface area contributed by atoms with E-state index in [0.29, 0.717) is 11.8 Å². The SMILES string of the molecule is COc1cc(-c2c(CCC(C)C)noc2N)ccc1C. The Bertz CT molecular complexity index is 588. The summed E-state index contributed by atoms with van der Waals surface area (Å²) in [7, 11) is 1.67. The Kier molecular flexibility index (Phi) is 4.32. The number of methoxy groups -OCH3 is 1. The zero-order chi connectivity index (χ0) is 14.7. The number of aromatic nitrogens is 1. The smallest absolute Gasteiger partial charge is 0.230 e. The highest BCUT2D eigenvalue weighted by Gasteiger charge is 2.17. The van der Waals surface area contributed by atoms with E-state index in [9.17, 15) is 0 Å². The first-order chi connectivity index (χ1) is 9.52. The zero-order valence-corrected chi connectivity index (χ0v) is 12.6. The van der Waals surface area contributed by atoms with Gasteiger partial charge < -0.3 is 15.0 Å². The number of benzene rings is 1. The van der Waals surface area contributed by atoms with Crippen molar-refractivity contribution in [3.63, 3.8) is 0 Å². The molecule has 2 N–H and O–H groups in total. The van der Waals surface area contributed by atoms with Crippen LogP contribution in [-0.2, 0) is 6.42 Å². The highest BCUT2D eigenvalue weighted by molar-refractivity contribution is 5.76. The Balaban J connectivity index is 2.39. The fraction of sp³-hybridized carbons (Fsp3) is 0.438. The normalized spacial score (nSPS) is 11.1. The molecule has 0 bridgehead atoms. The first kappa shape index (κ1) is 14.4. The van der Waals surface area contributed by atoms with Crippen LogP contribution >= 0.6 is 0 Å². The summed E-state index contributed by atoms with van der Waals surface area (Å²) in [5, 5.41) is 4.10. The van der Waals surface area contributed by atoms with Gasteiger partial charge in [0.1, 0.15) is 5.75 Å². The van der Waals surface area contributed by atoms with Crippen LogP contribution in [0, 0.1) is 12.8 Å². The monoisotopic (exact) mass is 274 g/mol. The second-order valence-electron chi connectivity index (χ2n) is 5.49. The highest BCUT2D eigenvalue weighted by atomic mass is 16.5. The predicted molar refractivity (Wildman–Crippen MR) is 80.8 cm³/mol. The van der Waals surface area contributed by atoms with Crippen LogP contribution in [0.2, 0.25) is 0 Å². The molecular weight excluding hydrogens is 252 g/mol. The molecule has 20 heavy (non-hydrogen) atoms. The standard InChI is InChI=1S/C16H22N2O2/c1-10(2)5-8-13-15(16(17)20-18-13)12-7-6-11(3)14(9-12)19-4/h6-7,9-10H,5,8,17H2,1-4H3. The Morgan fingerprint density at radius 2 is 2.10 bits per heavy atom. The van der Waals surface area contributed by atoms with Crippen LogP contribution in [0.1, 0.15) is 31.5 Å². The van der Waals surface area contributed by atoms with Crippen molar-refractivity contribution in [1.82, 2.24) is 5.16 Å². The van der Waals surface area contributed by atoms with Gasteiger partial charge in [-0.15, -0.1) is 0 Å². The van der Waals surface area contributed by atoms with E-state index < -0.39 is 0 Å². The summed E-state index contributed by atoms with van der Waals surface area (Å²) in [5.74, 6) is 1.83. The average molecular weight is 274 g/mol. The molecular formula is C16H22N2O2. The molecule has 0 saturated carbocycles. The third-order valence-electron chi connectivity index (χ3n) is 3.44. The summed E-state index contributed by atoms with van der Waals surface area (Å²) in [6.45, 7) is 6.40. The fourth-order valence-corrected chi connectivity index (χ4v) is 2.22. The maximum atomic E-state index is 5.94. The lowest BCUT2D eigenvalue weighted by Crippen LogP contribution is -1.96. The summed E-state index contributed by atoms with van der Waals surface area (Å²) in [5.41, 5.74) is 9.83. The fourth-order valence-electron chi connectivity index (χ4n) is 2.22. The Morgan fingerprint density at radius 1 is 1.35 bits per heavy atom. The zero-order valence-electron chi connectivity index (χ0n) is 12.6. The van der Waals surface area contributed by atoms with Crippen LogP contribution < -0.4 is 10.5 Å². The minimum absolute atomic E-state index is 0.370. The van der Waals surface area contributed by atoms with Gasteiger partial charge >= 0.3 is 0 Å². The van der Waals surface area contributed by atoms with Crippen LogP contribution in [0.5, 0.6) is 5.75 Å². The predicted octanol–water partition coefficient (Wildman–Crippen LogP) is 3.83. The van der Waals surface area contributed by atoms with E-state index >= 15 is 0 Å². The molecule has 1 aromatic carbocycles. The van der Waals surface area contributed by atoms with Crippen molar-refractivity contribution in [1.29, 1.82) is 0 Å².